The number of nitrogens with zero attached hydrogens (tertiary/aromatic N) is 5. The summed E-state index contributed by atoms with van der Waals surface area (Å²) in [5.41, 5.74) is 0.926. The molecule has 1 atom stereocenters. The first-order valence-electron chi connectivity index (χ1n) is 10.5. The van der Waals surface area contributed by atoms with Crippen molar-refractivity contribution in [1.29, 1.82) is 5.26 Å². The largest absolute Gasteiger partial charge is 0.337 e. The van der Waals surface area contributed by atoms with Gasteiger partial charge in [0.2, 0.25) is 5.91 Å². The van der Waals surface area contributed by atoms with Crippen LogP contribution in [0, 0.1) is 11.3 Å². The monoisotopic (exact) mass is 466 g/mol. The third-order valence-corrected chi connectivity index (χ3v) is 6.89. The fraction of sp³-hybridized carbons (Fsp3) is 0.348. The summed E-state index contributed by atoms with van der Waals surface area (Å²) in [5, 5.41) is 22.2. The minimum atomic E-state index is -0.768. The number of benzene rings is 1. The first kappa shape index (κ1) is 22.3. The van der Waals surface area contributed by atoms with Crippen LogP contribution in [0.2, 0.25) is 5.02 Å². The van der Waals surface area contributed by atoms with E-state index in [1.165, 1.54) is 11.8 Å². The summed E-state index contributed by atoms with van der Waals surface area (Å²) in [6.45, 7) is 1.82. The molecular formula is C23H23ClN6OS. The van der Waals surface area contributed by atoms with Gasteiger partial charge in [-0.1, -0.05) is 42.6 Å². The first-order chi connectivity index (χ1) is 15.5. The van der Waals surface area contributed by atoms with E-state index in [1.807, 2.05) is 35.8 Å². The summed E-state index contributed by atoms with van der Waals surface area (Å²) in [5.74, 6) is 0.472. The van der Waals surface area contributed by atoms with Gasteiger partial charge in [-0.25, -0.2) is 0 Å². The molecule has 1 aromatic carbocycles. The summed E-state index contributed by atoms with van der Waals surface area (Å²) in [6, 6.07) is 13.4. The molecule has 164 valence electrons. The number of nitriles is 1. The van der Waals surface area contributed by atoms with Gasteiger partial charge in [-0.15, -0.1) is 10.2 Å². The summed E-state index contributed by atoms with van der Waals surface area (Å²) >= 11 is 7.39. The quantitative estimate of drug-likeness (QED) is 0.524. The number of rotatable bonds is 6. The van der Waals surface area contributed by atoms with Gasteiger partial charge in [0.15, 0.2) is 11.0 Å². The molecule has 7 nitrogen and oxygen atoms in total. The van der Waals surface area contributed by atoms with Crippen molar-refractivity contribution < 1.29 is 4.79 Å². The Kier molecular flexibility index (Phi) is 6.77. The lowest BCUT2D eigenvalue weighted by Crippen LogP contribution is -2.50. The molecule has 4 rings (SSSR count). The van der Waals surface area contributed by atoms with E-state index < -0.39 is 10.8 Å². The maximum absolute atomic E-state index is 13.0. The number of thioether (sulfide) groups is 1. The predicted molar refractivity (Wildman–Crippen MR) is 124 cm³/mol. The Morgan fingerprint density at radius 3 is 2.50 bits per heavy atom. The van der Waals surface area contributed by atoms with Gasteiger partial charge in [-0.05, 0) is 56.2 Å². The maximum Gasteiger partial charge on any atom is 0.234 e. The van der Waals surface area contributed by atoms with Crippen molar-refractivity contribution >= 4 is 29.3 Å². The van der Waals surface area contributed by atoms with Gasteiger partial charge >= 0.3 is 0 Å². The van der Waals surface area contributed by atoms with Crippen LogP contribution in [0.1, 0.15) is 39.0 Å². The molecule has 1 fully saturated rings. The number of carbonyl (C=O) groups is 1. The molecule has 2 aromatic heterocycles. The number of carbonyl (C=O) groups excluding carboxylic acids is 1. The molecule has 0 aliphatic heterocycles. The molecule has 1 amide bonds. The number of nitrogens with one attached hydrogen (secondary N) is 1. The highest BCUT2D eigenvalue weighted by atomic mass is 35.5. The van der Waals surface area contributed by atoms with Gasteiger partial charge in [0.1, 0.15) is 5.54 Å². The summed E-state index contributed by atoms with van der Waals surface area (Å²) in [4.78, 5) is 17.1. The zero-order valence-corrected chi connectivity index (χ0v) is 19.2. The highest BCUT2D eigenvalue weighted by Crippen LogP contribution is 2.32. The van der Waals surface area contributed by atoms with Crippen LogP contribution in [-0.2, 0) is 4.79 Å². The molecule has 1 aliphatic rings. The molecule has 0 saturated heterocycles. The van der Waals surface area contributed by atoms with Crippen molar-refractivity contribution in [2.24, 2.45) is 0 Å². The Morgan fingerprint density at radius 2 is 1.84 bits per heavy atom. The van der Waals surface area contributed by atoms with Crippen LogP contribution in [0.4, 0.5) is 0 Å². The Hall–Kier alpha value is -2.89. The highest BCUT2D eigenvalue weighted by Gasteiger charge is 2.35. The SMILES string of the molecule is CC(Sc1nnc(-c2ccncc2)n1-c1ccc(Cl)cc1)C(=O)NC1(C#N)CCCCC1. The zero-order valence-electron chi connectivity index (χ0n) is 17.7. The Bertz CT molecular complexity index is 1120. The molecule has 1 unspecified atom stereocenters. The van der Waals surface area contributed by atoms with Crippen LogP contribution < -0.4 is 5.32 Å². The number of hydrogen-bond donors (Lipinski definition) is 1. The second kappa shape index (κ2) is 9.72. The molecule has 0 radical (unpaired) electrons. The van der Waals surface area contributed by atoms with Gasteiger partial charge in [0.05, 0.1) is 11.3 Å². The van der Waals surface area contributed by atoms with Crippen LogP contribution in [0.3, 0.4) is 0 Å². The predicted octanol–water partition coefficient (Wildman–Crippen LogP) is 4.81. The molecule has 2 heterocycles. The minimum Gasteiger partial charge on any atom is -0.337 e. The fourth-order valence-electron chi connectivity index (χ4n) is 3.83. The van der Waals surface area contributed by atoms with Crippen LogP contribution >= 0.6 is 23.4 Å². The van der Waals surface area contributed by atoms with Crippen LogP contribution in [0.5, 0.6) is 0 Å². The Labute approximate surface area is 196 Å². The zero-order chi connectivity index (χ0) is 22.6. The van der Waals surface area contributed by atoms with Gasteiger partial charge in [0.25, 0.3) is 0 Å². The van der Waals surface area contributed by atoms with Crippen LogP contribution in [-0.4, -0.2) is 36.4 Å². The smallest absolute Gasteiger partial charge is 0.234 e. The minimum absolute atomic E-state index is 0.172. The first-order valence-corrected chi connectivity index (χ1v) is 11.8. The molecule has 0 spiro atoms. The van der Waals surface area contributed by atoms with Crippen molar-refractivity contribution in [3.05, 3.63) is 53.8 Å². The molecule has 9 heteroatoms. The number of aromatic nitrogens is 4. The second-order valence-corrected chi connectivity index (χ2v) is 9.60. The second-order valence-electron chi connectivity index (χ2n) is 7.86. The lowest BCUT2D eigenvalue weighted by Gasteiger charge is -2.32. The van der Waals surface area contributed by atoms with E-state index in [9.17, 15) is 10.1 Å². The summed E-state index contributed by atoms with van der Waals surface area (Å²) in [7, 11) is 0. The van der Waals surface area contributed by atoms with E-state index in [2.05, 4.69) is 26.6 Å². The topological polar surface area (TPSA) is 96.5 Å². The van der Waals surface area contributed by atoms with Crippen molar-refractivity contribution in [3.8, 4) is 23.1 Å². The Balaban J connectivity index is 1.62. The van der Waals surface area contributed by atoms with E-state index in [4.69, 9.17) is 11.6 Å². The van der Waals surface area contributed by atoms with Gasteiger partial charge in [-0.3, -0.25) is 14.3 Å². The average Bonchev–Trinajstić information content (AvgIpc) is 3.24. The standard InChI is InChI=1S/C23H23ClN6OS/c1-16(21(31)27-23(15-25)11-3-2-4-12-23)32-22-29-28-20(17-9-13-26-14-10-17)30(22)19-7-5-18(24)6-8-19/h5-10,13-14,16H,2-4,11-12H2,1H3,(H,27,31). The van der Waals surface area contributed by atoms with Crippen molar-refractivity contribution in [1.82, 2.24) is 25.1 Å². The number of amides is 1. The molecule has 1 saturated carbocycles. The third kappa shape index (κ3) is 4.79. The summed E-state index contributed by atoms with van der Waals surface area (Å²) < 4.78 is 1.90. The van der Waals surface area contributed by atoms with Crippen molar-refractivity contribution in [2.45, 2.75) is 55.0 Å². The van der Waals surface area contributed by atoms with Crippen molar-refractivity contribution in [3.63, 3.8) is 0 Å². The molecule has 0 bridgehead atoms. The number of halogens is 1. The average molecular weight is 467 g/mol. The highest BCUT2D eigenvalue weighted by molar-refractivity contribution is 8.00. The third-order valence-electron chi connectivity index (χ3n) is 5.59. The molecular weight excluding hydrogens is 444 g/mol. The Morgan fingerprint density at radius 1 is 1.16 bits per heavy atom. The van der Waals surface area contributed by atoms with Crippen molar-refractivity contribution in [2.75, 3.05) is 0 Å². The molecule has 1 N–H and O–H groups in total. The number of hydrogen-bond acceptors (Lipinski definition) is 6. The summed E-state index contributed by atoms with van der Waals surface area (Å²) in [6.07, 6.45) is 7.80. The van der Waals surface area contributed by atoms with Gasteiger partial charge in [0, 0.05) is 28.7 Å². The molecule has 3 aromatic rings. The molecule has 1 aliphatic carbocycles. The van der Waals surface area contributed by atoms with E-state index in [0.29, 0.717) is 28.8 Å². The molecule has 32 heavy (non-hydrogen) atoms. The van der Waals surface area contributed by atoms with E-state index in [1.54, 1.807) is 24.5 Å². The fourth-order valence-corrected chi connectivity index (χ4v) is 4.82. The van der Waals surface area contributed by atoms with E-state index in [0.717, 1.165) is 30.5 Å². The normalized spacial score (nSPS) is 16.2. The number of pyridine rings is 1. The van der Waals surface area contributed by atoms with Gasteiger partial charge < -0.3 is 5.32 Å². The maximum atomic E-state index is 13.0. The lowest BCUT2D eigenvalue weighted by atomic mass is 9.83. The van der Waals surface area contributed by atoms with E-state index >= 15 is 0 Å². The van der Waals surface area contributed by atoms with Gasteiger partial charge in [-0.2, -0.15) is 5.26 Å². The van der Waals surface area contributed by atoms with E-state index in [-0.39, 0.29) is 5.91 Å². The lowest BCUT2D eigenvalue weighted by molar-refractivity contribution is -0.121. The van der Waals surface area contributed by atoms with Crippen LogP contribution in [0.15, 0.2) is 53.9 Å². The van der Waals surface area contributed by atoms with Crippen LogP contribution in [0.25, 0.3) is 17.1 Å².